The quantitative estimate of drug-likeness (QED) is 0.788. The van der Waals surface area contributed by atoms with Crippen LogP contribution in [0.1, 0.15) is 31.2 Å². The normalized spacial score (nSPS) is 13.1. The van der Waals surface area contributed by atoms with E-state index in [0.29, 0.717) is 5.92 Å². The lowest BCUT2D eigenvalue weighted by molar-refractivity contribution is 0.421. The van der Waals surface area contributed by atoms with Crippen molar-refractivity contribution in [2.75, 3.05) is 5.75 Å². The van der Waals surface area contributed by atoms with Crippen molar-refractivity contribution in [3.05, 3.63) is 16.4 Å². The van der Waals surface area contributed by atoms with Crippen LogP contribution in [0.3, 0.4) is 0 Å². The Balaban J connectivity index is 2.74. The topological polar surface area (TPSA) is 17.8 Å². The van der Waals surface area contributed by atoms with Crippen molar-refractivity contribution < 1.29 is 0 Å². The fraction of sp³-hybridized carbons (Fsp3) is 0.727. The highest BCUT2D eigenvalue weighted by molar-refractivity contribution is 7.80. The molecule has 1 atom stereocenters. The van der Waals surface area contributed by atoms with Gasteiger partial charge in [0.25, 0.3) is 0 Å². The van der Waals surface area contributed by atoms with E-state index in [-0.39, 0.29) is 0 Å². The SMILES string of the molecule is CCCC(CS)Cn1nc(C)c(Cl)c1C. The molecule has 0 aromatic carbocycles. The summed E-state index contributed by atoms with van der Waals surface area (Å²) in [6, 6.07) is 0. The van der Waals surface area contributed by atoms with E-state index >= 15 is 0 Å². The number of thiol groups is 1. The molecule has 4 heteroatoms. The number of aryl methyl sites for hydroxylation is 1. The summed E-state index contributed by atoms with van der Waals surface area (Å²) >= 11 is 10.5. The van der Waals surface area contributed by atoms with Gasteiger partial charge in [0.05, 0.1) is 16.4 Å². The minimum absolute atomic E-state index is 0.590. The van der Waals surface area contributed by atoms with Gasteiger partial charge in [-0.05, 0) is 31.9 Å². The first kappa shape index (κ1) is 12.9. The van der Waals surface area contributed by atoms with Gasteiger partial charge in [-0.15, -0.1) is 0 Å². The molecule has 0 aliphatic carbocycles. The van der Waals surface area contributed by atoms with Gasteiger partial charge in [-0.3, -0.25) is 4.68 Å². The average Bonchev–Trinajstić information content (AvgIpc) is 2.46. The van der Waals surface area contributed by atoms with E-state index in [1.165, 1.54) is 12.8 Å². The zero-order valence-corrected chi connectivity index (χ0v) is 11.3. The van der Waals surface area contributed by atoms with Crippen molar-refractivity contribution in [3.63, 3.8) is 0 Å². The fourth-order valence-corrected chi connectivity index (χ4v) is 2.18. The van der Waals surface area contributed by atoms with Crippen LogP contribution in [0, 0.1) is 19.8 Å². The van der Waals surface area contributed by atoms with Gasteiger partial charge in [-0.2, -0.15) is 17.7 Å². The molecule has 1 heterocycles. The highest BCUT2D eigenvalue weighted by Crippen LogP contribution is 2.21. The molecule has 1 aromatic rings. The number of aromatic nitrogens is 2. The lowest BCUT2D eigenvalue weighted by atomic mass is 10.1. The molecule has 2 nitrogen and oxygen atoms in total. The smallest absolute Gasteiger partial charge is 0.0844 e. The standard InChI is InChI=1S/C11H19ClN2S/c1-4-5-10(7-15)6-14-9(3)11(12)8(2)13-14/h10,15H,4-7H2,1-3H3. The van der Waals surface area contributed by atoms with Gasteiger partial charge in [0.1, 0.15) is 0 Å². The highest BCUT2D eigenvalue weighted by Gasteiger charge is 2.13. The number of hydrogen-bond donors (Lipinski definition) is 1. The Morgan fingerprint density at radius 3 is 2.53 bits per heavy atom. The van der Waals surface area contributed by atoms with Crippen LogP contribution in [-0.4, -0.2) is 15.5 Å². The summed E-state index contributed by atoms with van der Waals surface area (Å²) in [6.07, 6.45) is 2.39. The van der Waals surface area contributed by atoms with Crippen molar-refractivity contribution in [2.45, 2.75) is 40.2 Å². The molecule has 1 aromatic heterocycles. The molecule has 0 bridgehead atoms. The Kier molecular flexibility index (Phi) is 5.00. The summed E-state index contributed by atoms with van der Waals surface area (Å²) in [5.41, 5.74) is 1.99. The number of nitrogens with zero attached hydrogens (tertiary/aromatic N) is 2. The molecule has 15 heavy (non-hydrogen) atoms. The van der Waals surface area contributed by atoms with E-state index in [0.717, 1.165) is 28.7 Å². The second-order valence-corrected chi connectivity index (χ2v) is 4.75. The van der Waals surface area contributed by atoms with Gasteiger partial charge in [0, 0.05) is 6.54 Å². The number of halogens is 1. The Morgan fingerprint density at radius 2 is 2.13 bits per heavy atom. The fourth-order valence-electron chi connectivity index (χ4n) is 1.75. The third-order valence-corrected chi connectivity index (χ3v) is 3.74. The maximum absolute atomic E-state index is 6.10. The second-order valence-electron chi connectivity index (χ2n) is 4.00. The van der Waals surface area contributed by atoms with Gasteiger partial charge < -0.3 is 0 Å². The molecule has 0 radical (unpaired) electrons. The van der Waals surface area contributed by atoms with Crippen LogP contribution in [0.5, 0.6) is 0 Å². The number of hydrogen-bond acceptors (Lipinski definition) is 2. The molecule has 0 N–H and O–H groups in total. The molecule has 0 fully saturated rings. The maximum atomic E-state index is 6.10. The van der Waals surface area contributed by atoms with E-state index in [1.54, 1.807) is 0 Å². The van der Waals surface area contributed by atoms with Crippen molar-refractivity contribution in [3.8, 4) is 0 Å². The molecule has 1 rings (SSSR count). The largest absolute Gasteiger partial charge is 0.268 e. The lowest BCUT2D eigenvalue weighted by Crippen LogP contribution is -2.14. The van der Waals surface area contributed by atoms with Crippen LogP contribution >= 0.6 is 24.2 Å². The van der Waals surface area contributed by atoms with E-state index in [2.05, 4.69) is 24.7 Å². The Morgan fingerprint density at radius 1 is 1.47 bits per heavy atom. The third kappa shape index (κ3) is 3.15. The molecular weight excluding hydrogens is 228 g/mol. The Bertz CT molecular complexity index is 323. The van der Waals surface area contributed by atoms with Crippen molar-refractivity contribution >= 4 is 24.2 Å². The van der Waals surface area contributed by atoms with Crippen LogP contribution in [0.25, 0.3) is 0 Å². The van der Waals surface area contributed by atoms with Crippen molar-refractivity contribution in [2.24, 2.45) is 5.92 Å². The summed E-state index contributed by atoms with van der Waals surface area (Å²) in [6.45, 7) is 7.09. The van der Waals surface area contributed by atoms with Crippen molar-refractivity contribution in [1.29, 1.82) is 0 Å². The predicted octanol–water partition coefficient (Wildman–Crippen LogP) is 3.50. The maximum Gasteiger partial charge on any atom is 0.0844 e. The van der Waals surface area contributed by atoms with E-state index in [9.17, 15) is 0 Å². The molecule has 0 amide bonds. The Labute approximate surface area is 102 Å². The van der Waals surface area contributed by atoms with Gasteiger partial charge in [-0.25, -0.2) is 0 Å². The third-order valence-electron chi connectivity index (χ3n) is 2.68. The Hall–Kier alpha value is -0.150. The predicted molar refractivity (Wildman–Crippen MR) is 69.0 cm³/mol. The summed E-state index contributed by atoms with van der Waals surface area (Å²) in [7, 11) is 0. The zero-order valence-electron chi connectivity index (χ0n) is 9.63. The van der Waals surface area contributed by atoms with Crippen LogP contribution in [-0.2, 0) is 6.54 Å². The van der Waals surface area contributed by atoms with E-state index in [1.807, 2.05) is 18.5 Å². The molecule has 0 spiro atoms. The second kappa shape index (κ2) is 5.80. The van der Waals surface area contributed by atoms with Crippen molar-refractivity contribution in [1.82, 2.24) is 9.78 Å². The van der Waals surface area contributed by atoms with E-state index < -0.39 is 0 Å². The summed E-state index contributed by atoms with van der Waals surface area (Å²) in [4.78, 5) is 0. The van der Waals surface area contributed by atoms with Crippen LogP contribution in [0.15, 0.2) is 0 Å². The minimum Gasteiger partial charge on any atom is -0.268 e. The first-order valence-electron chi connectivity index (χ1n) is 5.40. The van der Waals surface area contributed by atoms with Gasteiger partial charge in [0.2, 0.25) is 0 Å². The average molecular weight is 247 g/mol. The molecule has 0 aliphatic rings. The van der Waals surface area contributed by atoms with Crippen LogP contribution in [0.2, 0.25) is 5.02 Å². The minimum atomic E-state index is 0.590. The molecule has 1 unspecified atom stereocenters. The van der Waals surface area contributed by atoms with Crippen LogP contribution in [0.4, 0.5) is 0 Å². The first-order valence-corrected chi connectivity index (χ1v) is 6.41. The first-order chi connectivity index (χ1) is 7.10. The zero-order chi connectivity index (χ0) is 11.4. The lowest BCUT2D eigenvalue weighted by Gasteiger charge is -2.14. The summed E-state index contributed by atoms with van der Waals surface area (Å²) < 4.78 is 2.01. The van der Waals surface area contributed by atoms with Gasteiger partial charge in [0.15, 0.2) is 0 Å². The molecule has 86 valence electrons. The molecule has 0 saturated heterocycles. The van der Waals surface area contributed by atoms with Gasteiger partial charge >= 0.3 is 0 Å². The van der Waals surface area contributed by atoms with Gasteiger partial charge in [-0.1, -0.05) is 24.9 Å². The highest BCUT2D eigenvalue weighted by atomic mass is 35.5. The summed E-state index contributed by atoms with van der Waals surface area (Å²) in [5, 5.41) is 5.23. The molecule has 0 saturated carbocycles. The molecule has 0 aliphatic heterocycles. The van der Waals surface area contributed by atoms with Crippen LogP contribution < -0.4 is 0 Å². The monoisotopic (exact) mass is 246 g/mol. The number of rotatable bonds is 5. The summed E-state index contributed by atoms with van der Waals surface area (Å²) in [5.74, 6) is 1.50. The molecular formula is C11H19ClN2S. The van der Waals surface area contributed by atoms with E-state index in [4.69, 9.17) is 11.6 Å².